The molecule has 2 aliphatic rings. The predicted octanol–water partition coefficient (Wildman–Crippen LogP) is 3.87. The van der Waals surface area contributed by atoms with E-state index in [1.165, 1.54) is 10.4 Å². The van der Waals surface area contributed by atoms with Gasteiger partial charge in [-0.05, 0) is 41.8 Å². The Morgan fingerprint density at radius 3 is 2.59 bits per heavy atom. The largest absolute Gasteiger partial charge is 0.330 e. The summed E-state index contributed by atoms with van der Waals surface area (Å²) in [4.78, 5) is 31.1. The van der Waals surface area contributed by atoms with Crippen LogP contribution in [0.2, 0.25) is 0 Å². The highest BCUT2D eigenvalue weighted by Crippen LogP contribution is 2.38. The zero-order valence-corrected chi connectivity index (χ0v) is 16.7. The number of rotatable bonds is 5. The molecular weight excluding hydrogens is 356 g/mol. The van der Waals surface area contributed by atoms with Crippen LogP contribution in [0.5, 0.6) is 0 Å². The number of carbonyl (C=O) groups is 2. The van der Waals surface area contributed by atoms with E-state index in [9.17, 15) is 9.59 Å². The van der Waals surface area contributed by atoms with Crippen molar-refractivity contribution in [2.75, 3.05) is 13.1 Å². The molecule has 0 spiro atoms. The van der Waals surface area contributed by atoms with Crippen LogP contribution in [0.3, 0.4) is 0 Å². The Balaban J connectivity index is 1.61. The molecule has 2 amide bonds. The fourth-order valence-corrected chi connectivity index (χ4v) is 4.83. The van der Waals surface area contributed by atoms with Crippen LogP contribution in [0, 0.1) is 5.92 Å². The summed E-state index contributed by atoms with van der Waals surface area (Å²) in [5.74, 6) is 0.0742. The number of hydrogen-bond donors (Lipinski definition) is 0. The molecule has 2 aromatic rings. The first-order chi connectivity index (χ1) is 13.1. The Morgan fingerprint density at radius 1 is 1.19 bits per heavy atom. The third-order valence-electron chi connectivity index (χ3n) is 5.47. The zero-order chi connectivity index (χ0) is 19.0. The number of thiophene rings is 1. The summed E-state index contributed by atoms with van der Waals surface area (Å²) in [6.07, 6.45) is 2.93. The maximum absolute atomic E-state index is 13.3. The van der Waals surface area contributed by atoms with Crippen LogP contribution in [-0.4, -0.2) is 40.7 Å². The lowest BCUT2D eigenvalue weighted by atomic mass is 9.93. The highest BCUT2D eigenvalue weighted by Gasteiger charge is 2.38. The van der Waals surface area contributed by atoms with E-state index in [0.717, 1.165) is 24.8 Å². The average Bonchev–Trinajstić information content (AvgIpc) is 3.41. The van der Waals surface area contributed by atoms with Gasteiger partial charge < -0.3 is 9.80 Å². The van der Waals surface area contributed by atoms with Gasteiger partial charge in [0.1, 0.15) is 6.54 Å². The lowest BCUT2D eigenvalue weighted by Crippen LogP contribution is -2.48. The Labute approximate surface area is 164 Å². The Bertz CT molecular complexity index is 826. The van der Waals surface area contributed by atoms with E-state index in [1.54, 1.807) is 11.3 Å². The molecule has 1 fully saturated rings. The minimum absolute atomic E-state index is 0.0519. The smallest absolute Gasteiger partial charge is 0.243 e. The molecule has 5 heteroatoms. The van der Waals surface area contributed by atoms with Gasteiger partial charge in [0.05, 0.1) is 6.04 Å². The van der Waals surface area contributed by atoms with Crippen molar-refractivity contribution in [1.29, 1.82) is 0 Å². The minimum Gasteiger partial charge on any atom is -0.330 e. The molecule has 4 rings (SSSR count). The fourth-order valence-electron chi connectivity index (χ4n) is 3.92. The van der Waals surface area contributed by atoms with Crippen molar-refractivity contribution in [1.82, 2.24) is 9.80 Å². The van der Waals surface area contributed by atoms with Crippen molar-refractivity contribution < 1.29 is 9.59 Å². The van der Waals surface area contributed by atoms with Crippen molar-refractivity contribution in [2.24, 2.45) is 5.92 Å². The summed E-state index contributed by atoms with van der Waals surface area (Å²) < 4.78 is 0. The fraction of sp³-hybridized carbons (Fsp3) is 0.455. The molecule has 0 N–H and O–H groups in total. The summed E-state index contributed by atoms with van der Waals surface area (Å²) in [5.41, 5.74) is 2.37. The molecule has 0 bridgehead atoms. The van der Waals surface area contributed by atoms with E-state index in [4.69, 9.17) is 0 Å². The molecule has 142 valence electrons. The van der Waals surface area contributed by atoms with Crippen LogP contribution in [0.4, 0.5) is 0 Å². The number of nitrogens with zero attached hydrogens (tertiary/aromatic N) is 2. The van der Waals surface area contributed by atoms with Gasteiger partial charge in [0.15, 0.2) is 0 Å². The molecule has 0 radical (unpaired) electrons. The standard InChI is InChI=1S/C22H26N2O2S/c1-15(2)22(26)24(17-8-9-17)14-20(25)23-12-10-19-18(11-13-27-19)21(23)16-6-4-3-5-7-16/h3-7,11,13,15,17,21H,8-10,12,14H2,1-2H3/t21-/m1/s1. The molecule has 2 heterocycles. The molecule has 27 heavy (non-hydrogen) atoms. The number of fused-ring (bicyclic) bond motifs is 1. The lowest BCUT2D eigenvalue weighted by Gasteiger charge is -2.38. The minimum atomic E-state index is -0.0758. The molecule has 1 saturated carbocycles. The number of hydrogen-bond acceptors (Lipinski definition) is 3. The van der Waals surface area contributed by atoms with E-state index < -0.39 is 0 Å². The van der Waals surface area contributed by atoms with Crippen molar-refractivity contribution in [3.05, 3.63) is 57.8 Å². The Kier molecular flexibility index (Phi) is 5.04. The van der Waals surface area contributed by atoms with E-state index in [2.05, 4.69) is 23.6 Å². The number of carbonyl (C=O) groups excluding carboxylic acids is 2. The van der Waals surface area contributed by atoms with E-state index in [-0.39, 0.29) is 36.4 Å². The van der Waals surface area contributed by atoms with Gasteiger partial charge in [-0.1, -0.05) is 44.2 Å². The second-order valence-corrected chi connectivity index (χ2v) is 8.80. The van der Waals surface area contributed by atoms with Crippen LogP contribution >= 0.6 is 11.3 Å². The van der Waals surface area contributed by atoms with Crippen molar-refractivity contribution in [2.45, 2.75) is 45.2 Å². The summed E-state index contributed by atoms with van der Waals surface area (Å²) in [7, 11) is 0. The summed E-state index contributed by atoms with van der Waals surface area (Å²) in [5, 5.41) is 2.12. The Morgan fingerprint density at radius 2 is 1.93 bits per heavy atom. The highest BCUT2D eigenvalue weighted by atomic mass is 32.1. The van der Waals surface area contributed by atoms with Crippen LogP contribution in [0.15, 0.2) is 41.8 Å². The molecule has 1 aliphatic heterocycles. The predicted molar refractivity (Wildman–Crippen MR) is 108 cm³/mol. The number of amides is 2. The Hall–Kier alpha value is -2.14. The van der Waals surface area contributed by atoms with Crippen LogP contribution in [-0.2, 0) is 16.0 Å². The van der Waals surface area contributed by atoms with E-state index in [1.807, 2.05) is 41.8 Å². The summed E-state index contributed by atoms with van der Waals surface area (Å²) in [6.45, 7) is 4.73. The van der Waals surface area contributed by atoms with Gasteiger partial charge in [0.2, 0.25) is 11.8 Å². The van der Waals surface area contributed by atoms with Gasteiger partial charge in [-0.25, -0.2) is 0 Å². The SMILES string of the molecule is CC(C)C(=O)N(CC(=O)N1CCc2sccc2[C@H]1c1ccccc1)C1CC1. The maximum Gasteiger partial charge on any atom is 0.243 e. The van der Waals surface area contributed by atoms with Crippen molar-refractivity contribution in [3.63, 3.8) is 0 Å². The second-order valence-electron chi connectivity index (χ2n) is 7.80. The van der Waals surface area contributed by atoms with Gasteiger partial charge in [0.25, 0.3) is 0 Å². The molecule has 1 aromatic heterocycles. The van der Waals surface area contributed by atoms with Crippen LogP contribution in [0.1, 0.15) is 48.7 Å². The van der Waals surface area contributed by atoms with Gasteiger partial charge in [-0.15, -0.1) is 11.3 Å². The van der Waals surface area contributed by atoms with Crippen molar-refractivity contribution in [3.8, 4) is 0 Å². The third-order valence-corrected chi connectivity index (χ3v) is 6.47. The molecule has 0 unspecified atom stereocenters. The monoisotopic (exact) mass is 382 g/mol. The molecule has 1 aliphatic carbocycles. The van der Waals surface area contributed by atoms with Crippen LogP contribution in [0.25, 0.3) is 0 Å². The van der Waals surface area contributed by atoms with Crippen LogP contribution < -0.4 is 0 Å². The van der Waals surface area contributed by atoms with E-state index in [0.29, 0.717) is 6.54 Å². The topological polar surface area (TPSA) is 40.6 Å². The highest BCUT2D eigenvalue weighted by molar-refractivity contribution is 7.10. The quantitative estimate of drug-likeness (QED) is 0.788. The van der Waals surface area contributed by atoms with E-state index >= 15 is 0 Å². The molecule has 1 atom stereocenters. The maximum atomic E-state index is 13.3. The van der Waals surface area contributed by atoms with Gasteiger partial charge in [-0.2, -0.15) is 0 Å². The van der Waals surface area contributed by atoms with Gasteiger partial charge >= 0.3 is 0 Å². The third kappa shape index (κ3) is 3.65. The second kappa shape index (κ2) is 7.47. The molecule has 0 saturated heterocycles. The molecule has 1 aromatic carbocycles. The average molecular weight is 383 g/mol. The zero-order valence-electron chi connectivity index (χ0n) is 15.9. The summed E-state index contributed by atoms with van der Waals surface area (Å²) in [6, 6.07) is 12.6. The van der Waals surface area contributed by atoms with Crippen molar-refractivity contribution >= 4 is 23.2 Å². The molecule has 4 nitrogen and oxygen atoms in total. The first-order valence-corrected chi connectivity index (χ1v) is 10.7. The lowest BCUT2D eigenvalue weighted by molar-refractivity contribution is -0.144. The normalized spacial score (nSPS) is 19.1. The van der Waals surface area contributed by atoms with Gasteiger partial charge in [0, 0.05) is 23.4 Å². The molecular formula is C22H26N2O2S. The first kappa shape index (κ1) is 18.2. The summed E-state index contributed by atoms with van der Waals surface area (Å²) >= 11 is 1.77. The number of benzene rings is 1. The first-order valence-electron chi connectivity index (χ1n) is 9.77. The van der Waals surface area contributed by atoms with Gasteiger partial charge in [-0.3, -0.25) is 9.59 Å².